The first kappa shape index (κ1) is 11.8. The molecule has 4 heteroatoms. The van der Waals surface area contributed by atoms with Crippen molar-refractivity contribution in [2.45, 2.75) is 37.8 Å². The average Bonchev–Trinajstić information content (AvgIpc) is 1.90. The molecule has 2 nitrogen and oxygen atoms in total. The molecule has 1 saturated carbocycles. The van der Waals surface area contributed by atoms with Gasteiger partial charge in [0.1, 0.15) is 0 Å². The SMILES string of the molecule is O=[PH]([O-])C1CCCCC1.[K+]. The summed E-state index contributed by atoms with van der Waals surface area (Å²) in [6, 6.07) is 0. The smallest absolute Gasteiger partial charge is 0.801 e. The van der Waals surface area contributed by atoms with Crippen LogP contribution in [-0.2, 0) is 4.57 Å². The van der Waals surface area contributed by atoms with E-state index in [1.807, 2.05) is 0 Å². The Morgan fingerprint density at radius 2 is 1.70 bits per heavy atom. The molecule has 0 amide bonds. The first-order chi connectivity index (χ1) is 4.30. The molecule has 1 aliphatic carbocycles. The second-order valence-electron chi connectivity index (χ2n) is 2.65. The predicted molar refractivity (Wildman–Crippen MR) is 35.9 cm³/mol. The fourth-order valence-electron chi connectivity index (χ4n) is 1.34. The maximum atomic E-state index is 10.4. The van der Waals surface area contributed by atoms with E-state index in [2.05, 4.69) is 0 Å². The molecule has 0 aromatic rings. The van der Waals surface area contributed by atoms with Gasteiger partial charge < -0.3 is 9.46 Å². The summed E-state index contributed by atoms with van der Waals surface area (Å²) in [5, 5.41) is 0. The van der Waals surface area contributed by atoms with Crippen LogP contribution in [0.25, 0.3) is 0 Å². The molecule has 1 rings (SSSR count). The van der Waals surface area contributed by atoms with Crippen LogP contribution in [0.2, 0.25) is 0 Å². The molecular weight excluding hydrogens is 174 g/mol. The Balaban J connectivity index is 0.000000810. The van der Waals surface area contributed by atoms with Gasteiger partial charge >= 0.3 is 51.4 Å². The number of hydrogen-bond acceptors (Lipinski definition) is 2. The summed E-state index contributed by atoms with van der Waals surface area (Å²) in [6.07, 6.45) is 5.29. The Bertz CT molecular complexity index is 112. The van der Waals surface area contributed by atoms with Crippen molar-refractivity contribution in [3.05, 3.63) is 0 Å². The van der Waals surface area contributed by atoms with E-state index in [1.165, 1.54) is 6.42 Å². The molecule has 0 spiro atoms. The van der Waals surface area contributed by atoms with Gasteiger partial charge in [-0.3, -0.25) is 0 Å². The van der Waals surface area contributed by atoms with Gasteiger partial charge in [0.2, 0.25) is 0 Å². The van der Waals surface area contributed by atoms with Crippen LogP contribution in [0.4, 0.5) is 0 Å². The van der Waals surface area contributed by atoms with E-state index < -0.39 is 8.03 Å². The third-order valence-electron chi connectivity index (χ3n) is 1.94. The van der Waals surface area contributed by atoms with Crippen LogP contribution in [0, 0.1) is 0 Å². The van der Waals surface area contributed by atoms with Crippen molar-refractivity contribution in [1.29, 1.82) is 0 Å². The third-order valence-corrected chi connectivity index (χ3v) is 3.18. The zero-order valence-corrected chi connectivity index (χ0v) is 10.6. The van der Waals surface area contributed by atoms with E-state index in [-0.39, 0.29) is 57.0 Å². The summed E-state index contributed by atoms with van der Waals surface area (Å²) in [6.45, 7) is 0. The predicted octanol–water partition coefficient (Wildman–Crippen LogP) is -1.84. The van der Waals surface area contributed by atoms with E-state index >= 15 is 0 Å². The monoisotopic (exact) mass is 186 g/mol. The van der Waals surface area contributed by atoms with Crippen molar-refractivity contribution in [2.75, 3.05) is 0 Å². The maximum Gasteiger partial charge on any atom is 1.00 e. The number of rotatable bonds is 1. The standard InChI is InChI=1S/C6H13O2P.K/c7-9(8)6-4-2-1-3-5-6;/h6,9H,1-5H2,(H,7,8);/q;+1/p-1. The van der Waals surface area contributed by atoms with Gasteiger partial charge in [0.05, 0.1) is 0 Å². The zero-order valence-electron chi connectivity index (χ0n) is 6.43. The molecule has 0 aliphatic heterocycles. The van der Waals surface area contributed by atoms with Gasteiger partial charge in [-0.15, -0.1) is 0 Å². The van der Waals surface area contributed by atoms with Crippen LogP contribution in [0.5, 0.6) is 0 Å². The summed E-state index contributed by atoms with van der Waals surface area (Å²) < 4.78 is 10.4. The molecular formula is C6H12KO2P. The molecule has 0 heterocycles. The molecule has 0 aromatic heterocycles. The van der Waals surface area contributed by atoms with E-state index in [0.29, 0.717) is 0 Å². The Kier molecular flexibility index (Phi) is 7.51. The topological polar surface area (TPSA) is 40.1 Å². The molecule has 0 aromatic carbocycles. The van der Waals surface area contributed by atoms with E-state index in [1.54, 1.807) is 0 Å². The summed E-state index contributed by atoms with van der Waals surface area (Å²) in [5.41, 5.74) is 0.0451. The molecule has 10 heavy (non-hydrogen) atoms. The molecule has 0 radical (unpaired) electrons. The van der Waals surface area contributed by atoms with Crippen LogP contribution >= 0.6 is 8.03 Å². The molecule has 0 N–H and O–H groups in total. The van der Waals surface area contributed by atoms with Crippen molar-refractivity contribution < 1.29 is 60.8 Å². The van der Waals surface area contributed by atoms with E-state index in [4.69, 9.17) is 0 Å². The van der Waals surface area contributed by atoms with Crippen molar-refractivity contribution in [1.82, 2.24) is 0 Å². The van der Waals surface area contributed by atoms with Crippen LogP contribution in [0.3, 0.4) is 0 Å². The van der Waals surface area contributed by atoms with Crippen LogP contribution < -0.4 is 56.3 Å². The van der Waals surface area contributed by atoms with Gasteiger partial charge in [0.15, 0.2) is 0 Å². The molecule has 0 bridgehead atoms. The van der Waals surface area contributed by atoms with Gasteiger partial charge in [-0.05, 0) is 18.5 Å². The van der Waals surface area contributed by atoms with Gasteiger partial charge in [-0.2, -0.15) is 0 Å². The normalized spacial score (nSPS) is 23.3. The maximum absolute atomic E-state index is 10.4. The summed E-state index contributed by atoms with van der Waals surface area (Å²) >= 11 is 0. The van der Waals surface area contributed by atoms with Crippen LogP contribution in [0.1, 0.15) is 32.1 Å². The molecule has 0 saturated heterocycles. The summed E-state index contributed by atoms with van der Waals surface area (Å²) in [4.78, 5) is 10.4. The van der Waals surface area contributed by atoms with Crippen molar-refractivity contribution in [3.8, 4) is 0 Å². The second-order valence-corrected chi connectivity index (χ2v) is 4.11. The minimum absolute atomic E-state index is 0. The van der Waals surface area contributed by atoms with E-state index in [0.717, 1.165) is 25.7 Å². The second kappa shape index (κ2) is 6.35. The van der Waals surface area contributed by atoms with Gasteiger partial charge in [-0.25, -0.2) is 0 Å². The summed E-state index contributed by atoms with van der Waals surface area (Å²) in [5.74, 6) is 0. The molecule has 1 fully saturated rings. The van der Waals surface area contributed by atoms with Crippen LogP contribution in [-0.4, -0.2) is 5.66 Å². The fourth-order valence-corrected chi connectivity index (χ4v) is 2.22. The molecule has 1 aliphatic rings. The minimum atomic E-state index is -2.44. The van der Waals surface area contributed by atoms with Crippen molar-refractivity contribution >= 4 is 8.03 Å². The molecule has 1 atom stereocenters. The third kappa shape index (κ3) is 4.00. The first-order valence-electron chi connectivity index (χ1n) is 3.51. The van der Waals surface area contributed by atoms with E-state index in [9.17, 15) is 9.46 Å². The molecule has 1 unspecified atom stereocenters. The number of hydrogen-bond donors (Lipinski definition) is 0. The van der Waals surface area contributed by atoms with Gasteiger partial charge in [0.25, 0.3) is 0 Å². The summed E-state index contributed by atoms with van der Waals surface area (Å²) in [7, 11) is -2.44. The van der Waals surface area contributed by atoms with Gasteiger partial charge in [0, 0.05) is 8.03 Å². The quantitative estimate of drug-likeness (QED) is 0.356. The molecule has 54 valence electrons. The Labute approximate surface area is 105 Å². The Hall–Kier alpha value is 1.83. The van der Waals surface area contributed by atoms with Gasteiger partial charge in [-0.1, -0.05) is 19.3 Å². The van der Waals surface area contributed by atoms with Crippen molar-refractivity contribution in [2.24, 2.45) is 0 Å². The van der Waals surface area contributed by atoms with Crippen LogP contribution in [0.15, 0.2) is 0 Å². The first-order valence-corrected chi connectivity index (χ1v) is 4.91. The Morgan fingerprint density at radius 3 is 2.00 bits per heavy atom. The fraction of sp³-hybridized carbons (Fsp3) is 1.00. The average molecular weight is 186 g/mol. The van der Waals surface area contributed by atoms with Crippen molar-refractivity contribution in [3.63, 3.8) is 0 Å². The zero-order chi connectivity index (χ0) is 6.69. The minimum Gasteiger partial charge on any atom is -0.801 e. The Morgan fingerprint density at radius 1 is 1.20 bits per heavy atom. The largest absolute Gasteiger partial charge is 1.00 e.